The highest BCUT2D eigenvalue weighted by Gasteiger charge is 2.24. The van der Waals surface area contributed by atoms with E-state index in [-0.39, 0.29) is 11.5 Å². The second kappa shape index (κ2) is 10.2. The monoisotopic (exact) mass is 498 g/mol. The van der Waals surface area contributed by atoms with Gasteiger partial charge in [-0.1, -0.05) is 24.3 Å². The summed E-state index contributed by atoms with van der Waals surface area (Å²) < 4.78 is 16.5. The Labute approximate surface area is 194 Å². The molecular formula is C24H23BrN2O5. The van der Waals surface area contributed by atoms with E-state index in [0.29, 0.717) is 38.7 Å². The maximum absolute atomic E-state index is 13.1. The number of ether oxygens (including phenoxy) is 3. The molecule has 0 unspecified atom stereocenters. The number of aryl methyl sites for hydroxylation is 1. The number of hydrogen-bond acceptors (Lipinski definition) is 5. The van der Waals surface area contributed by atoms with E-state index < -0.39 is 5.91 Å². The summed E-state index contributed by atoms with van der Waals surface area (Å²) in [6.07, 6.45) is 0. The number of hydrogen-bond donors (Lipinski definition) is 2. The van der Waals surface area contributed by atoms with Gasteiger partial charge in [-0.25, -0.2) is 0 Å². The lowest BCUT2D eigenvalue weighted by atomic mass is 10.1. The second-order valence-corrected chi connectivity index (χ2v) is 7.62. The van der Waals surface area contributed by atoms with Gasteiger partial charge in [-0.3, -0.25) is 9.59 Å². The number of benzene rings is 3. The molecule has 0 aliphatic carbocycles. The fraction of sp³-hybridized carbons (Fsp3) is 0.167. The second-order valence-electron chi connectivity index (χ2n) is 6.83. The van der Waals surface area contributed by atoms with Gasteiger partial charge in [0, 0.05) is 5.69 Å². The van der Waals surface area contributed by atoms with Crippen LogP contribution in [0, 0.1) is 6.92 Å². The van der Waals surface area contributed by atoms with Gasteiger partial charge in [-0.15, -0.1) is 0 Å². The van der Waals surface area contributed by atoms with E-state index in [0.717, 1.165) is 5.56 Å². The van der Waals surface area contributed by atoms with Crippen LogP contribution < -0.4 is 24.8 Å². The van der Waals surface area contributed by atoms with Crippen LogP contribution in [-0.2, 0) is 0 Å². The number of amides is 2. The van der Waals surface area contributed by atoms with Gasteiger partial charge in [0.1, 0.15) is 0 Å². The first-order valence-electron chi connectivity index (χ1n) is 9.66. The fourth-order valence-electron chi connectivity index (χ4n) is 3.19. The van der Waals surface area contributed by atoms with Crippen molar-refractivity contribution in [1.29, 1.82) is 0 Å². The number of halogens is 1. The molecule has 2 amide bonds. The summed E-state index contributed by atoms with van der Waals surface area (Å²) in [7, 11) is 4.42. The zero-order valence-electron chi connectivity index (χ0n) is 18.1. The molecule has 7 nitrogen and oxygen atoms in total. The third-order valence-electron chi connectivity index (χ3n) is 4.71. The number of anilines is 2. The zero-order valence-corrected chi connectivity index (χ0v) is 19.7. The first-order chi connectivity index (χ1) is 15.4. The van der Waals surface area contributed by atoms with E-state index in [9.17, 15) is 9.59 Å². The van der Waals surface area contributed by atoms with E-state index in [2.05, 4.69) is 26.6 Å². The van der Waals surface area contributed by atoms with Crippen molar-refractivity contribution in [3.8, 4) is 17.2 Å². The minimum absolute atomic E-state index is 0.258. The van der Waals surface area contributed by atoms with Crippen LogP contribution in [0.15, 0.2) is 59.1 Å². The Kier molecular flexibility index (Phi) is 7.37. The van der Waals surface area contributed by atoms with Crippen LogP contribution in [0.3, 0.4) is 0 Å². The van der Waals surface area contributed by atoms with Gasteiger partial charge in [0.25, 0.3) is 11.8 Å². The van der Waals surface area contributed by atoms with Crippen LogP contribution >= 0.6 is 15.9 Å². The maximum Gasteiger partial charge on any atom is 0.257 e. The van der Waals surface area contributed by atoms with E-state index >= 15 is 0 Å². The number of para-hydroxylation sites is 1. The maximum atomic E-state index is 13.1. The van der Waals surface area contributed by atoms with Crippen LogP contribution in [0.1, 0.15) is 26.3 Å². The molecule has 8 heteroatoms. The highest BCUT2D eigenvalue weighted by atomic mass is 79.9. The molecule has 0 atom stereocenters. The quantitative estimate of drug-likeness (QED) is 0.462. The Hall–Kier alpha value is -3.52. The summed E-state index contributed by atoms with van der Waals surface area (Å²) in [5, 5.41) is 5.66. The predicted octanol–water partition coefficient (Wildman–Crippen LogP) is 5.29. The van der Waals surface area contributed by atoms with Crippen LogP contribution in [-0.4, -0.2) is 33.1 Å². The molecule has 0 aliphatic rings. The van der Waals surface area contributed by atoms with E-state index in [4.69, 9.17) is 14.2 Å². The highest BCUT2D eigenvalue weighted by molar-refractivity contribution is 9.10. The first kappa shape index (κ1) is 23.1. The zero-order chi connectivity index (χ0) is 23.3. The van der Waals surface area contributed by atoms with Crippen LogP contribution in [0.4, 0.5) is 11.4 Å². The van der Waals surface area contributed by atoms with Crippen molar-refractivity contribution in [1.82, 2.24) is 0 Å². The molecule has 0 saturated heterocycles. The third kappa shape index (κ3) is 4.86. The molecule has 0 radical (unpaired) electrons. The number of methoxy groups -OCH3 is 3. The molecule has 3 rings (SSSR count). The van der Waals surface area contributed by atoms with Gasteiger partial charge < -0.3 is 24.8 Å². The fourth-order valence-corrected chi connectivity index (χ4v) is 3.82. The minimum atomic E-state index is -0.452. The Bertz CT molecular complexity index is 1160. The molecule has 0 aromatic heterocycles. The van der Waals surface area contributed by atoms with Crippen molar-refractivity contribution in [3.63, 3.8) is 0 Å². The lowest BCUT2D eigenvalue weighted by Crippen LogP contribution is -2.19. The summed E-state index contributed by atoms with van der Waals surface area (Å²) in [6, 6.07) is 15.8. The molecule has 166 valence electrons. The molecule has 3 aromatic rings. The van der Waals surface area contributed by atoms with Crippen molar-refractivity contribution in [3.05, 3.63) is 75.8 Å². The molecule has 0 aliphatic heterocycles. The minimum Gasteiger partial charge on any atom is -0.493 e. The summed E-state index contributed by atoms with van der Waals surface area (Å²) in [6.45, 7) is 1.94. The average molecular weight is 499 g/mol. The van der Waals surface area contributed by atoms with Gasteiger partial charge in [0.15, 0.2) is 11.5 Å². The Morgan fingerprint density at radius 1 is 0.781 bits per heavy atom. The first-order valence-corrected chi connectivity index (χ1v) is 10.5. The largest absolute Gasteiger partial charge is 0.493 e. The highest BCUT2D eigenvalue weighted by Crippen LogP contribution is 2.44. The molecule has 3 aromatic carbocycles. The van der Waals surface area contributed by atoms with Crippen molar-refractivity contribution in [2.24, 2.45) is 0 Å². The predicted molar refractivity (Wildman–Crippen MR) is 127 cm³/mol. The Balaban J connectivity index is 1.92. The summed E-state index contributed by atoms with van der Waals surface area (Å²) in [4.78, 5) is 26.0. The Morgan fingerprint density at radius 2 is 1.47 bits per heavy atom. The van der Waals surface area contributed by atoms with Crippen molar-refractivity contribution < 1.29 is 23.8 Å². The van der Waals surface area contributed by atoms with E-state index in [1.807, 2.05) is 25.1 Å². The summed E-state index contributed by atoms with van der Waals surface area (Å²) >= 11 is 3.41. The van der Waals surface area contributed by atoms with Gasteiger partial charge in [-0.05, 0) is 58.7 Å². The summed E-state index contributed by atoms with van der Waals surface area (Å²) in [5.74, 6) is 0.226. The molecule has 2 N–H and O–H groups in total. The number of carbonyl (C=O) groups excluding carboxylic acids is 2. The lowest BCUT2D eigenvalue weighted by Gasteiger charge is -2.17. The lowest BCUT2D eigenvalue weighted by molar-refractivity contribution is 0.102. The van der Waals surface area contributed by atoms with Crippen molar-refractivity contribution in [2.75, 3.05) is 32.0 Å². The third-order valence-corrected chi connectivity index (χ3v) is 5.50. The average Bonchev–Trinajstić information content (AvgIpc) is 2.78. The number of rotatable bonds is 7. The SMILES string of the molecule is COc1cc(C(=O)Nc2ccccc2C(=O)Nc2cccc(C)c2)c(Br)c(OC)c1OC. The standard InChI is InChI=1S/C24H23BrN2O5/c1-14-8-7-9-15(12-14)26-23(28)16-10-5-6-11-18(16)27-24(29)17-13-19(30-2)21(31-3)22(32-4)20(17)25/h5-13H,1-4H3,(H,26,28)(H,27,29). The van der Waals surface area contributed by atoms with Gasteiger partial charge in [0.05, 0.1) is 42.6 Å². The molecule has 32 heavy (non-hydrogen) atoms. The molecule has 0 fully saturated rings. The number of nitrogens with one attached hydrogen (secondary N) is 2. The van der Waals surface area contributed by atoms with E-state index in [1.54, 1.807) is 30.3 Å². The van der Waals surface area contributed by atoms with Gasteiger partial charge in [0.2, 0.25) is 5.75 Å². The molecule has 0 heterocycles. The normalized spacial score (nSPS) is 10.3. The van der Waals surface area contributed by atoms with Crippen molar-refractivity contribution in [2.45, 2.75) is 6.92 Å². The van der Waals surface area contributed by atoms with E-state index in [1.165, 1.54) is 27.4 Å². The van der Waals surface area contributed by atoms with Crippen molar-refractivity contribution >= 4 is 39.1 Å². The van der Waals surface area contributed by atoms with Crippen LogP contribution in [0.25, 0.3) is 0 Å². The molecule has 0 spiro atoms. The van der Waals surface area contributed by atoms with Crippen LogP contribution in [0.2, 0.25) is 0 Å². The smallest absolute Gasteiger partial charge is 0.257 e. The number of carbonyl (C=O) groups is 2. The van der Waals surface area contributed by atoms with Crippen LogP contribution in [0.5, 0.6) is 17.2 Å². The Morgan fingerprint density at radius 3 is 2.12 bits per heavy atom. The molecule has 0 bridgehead atoms. The topological polar surface area (TPSA) is 85.9 Å². The molecular weight excluding hydrogens is 476 g/mol. The van der Waals surface area contributed by atoms with Gasteiger partial charge >= 0.3 is 0 Å². The summed E-state index contributed by atoms with van der Waals surface area (Å²) in [5.41, 5.74) is 2.64. The van der Waals surface area contributed by atoms with Gasteiger partial charge in [-0.2, -0.15) is 0 Å². The molecule has 0 saturated carbocycles.